The van der Waals surface area contributed by atoms with Crippen LogP contribution >= 0.6 is 11.6 Å². The van der Waals surface area contributed by atoms with Crippen molar-refractivity contribution in [2.75, 3.05) is 32.1 Å². The minimum atomic E-state index is -0.285. The molecule has 1 saturated heterocycles. The van der Waals surface area contributed by atoms with Crippen LogP contribution in [0.1, 0.15) is 19.8 Å². The number of nitrogens with one attached hydrogen (secondary N) is 2. The van der Waals surface area contributed by atoms with E-state index in [4.69, 9.17) is 16.3 Å². The summed E-state index contributed by atoms with van der Waals surface area (Å²) in [6.07, 6.45) is 3.98. The molecule has 2 rings (SSSR count). The molecule has 0 saturated carbocycles. The van der Waals surface area contributed by atoms with Gasteiger partial charge in [0.05, 0.1) is 25.0 Å². The van der Waals surface area contributed by atoms with Gasteiger partial charge in [0.2, 0.25) is 0 Å². The van der Waals surface area contributed by atoms with Gasteiger partial charge in [-0.05, 0) is 38.8 Å². The van der Waals surface area contributed by atoms with E-state index in [2.05, 4.69) is 22.7 Å². The first-order chi connectivity index (χ1) is 10.1. The lowest BCUT2D eigenvalue weighted by atomic mass is 9.93. The summed E-state index contributed by atoms with van der Waals surface area (Å²) in [5.41, 5.74) is 0.320. The van der Waals surface area contributed by atoms with Crippen LogP contribution in [0.15, 0.2) is 11.0 Å². The number of piperidine rings is 1. The zero-order valence-electron chi connectivity index (χ0n) is 12.6. The van der Waals surface area contributed by atoms with Gasteiger partial charge in [0.1, 0.15) is 5.02 Å². The van der Waals surface area contributed by atoms with Crippen molar-refractivity contribution in [3.63, 3.8) is 0 Å². The van der Waals surface area contributed by atoms with Gasteiger partial charge < -0.3 is 15.4 Å². The first-order valence-corrected chi connectivity index (χ1v) is 7.73. The molecule has 1 aromatic heterocycles. The average molecular weight is 315 g/mol. The third-order valence-electron chi connectivity index (χ3n) is 3.92. The number of aromatic nitrogens is 2. The highest BCUT2D eigenvalue weighted by Crippen LogP contribution is 2.21. The minimum Gasteiger partial charge on any atom is -0.383 e. The second kappa shape index (κ2) is 7.77. The number of anilines is 1. The average Bonchev–Trinajstić information content (AvgIpc) is 2.52. The van der Waals surface area contributed by atoms with Crippen molar-refractivity contribution < 1.29 is 4.74 Å². The van der Waals surface area contributed by atoms with Crippen LogP contribution in [0.25, 0.3) is 0 Å². The molecule has 1 aliphatic rings. The Balaban J connectivity index is 2.06. The fourth-order valence-electron chi connectivity index (χ4n) is 2.57. The molecular weight excluding hydrogens is 292 g/mol. The lowest BCUT2D eigenvalue weighted by molar-refractivity contribution is 0.182. The predicted octanol–water partition coefficient (Wildman–Crippen LogP) is 1.34. The lowest BCUT2D eigenvalue weighted by Crippen LogP contribution is -2.39. The zero-order valence-corrected chi connectivity index (χ0v) is 13.3. The summed E-state index contributed by atoms with van der Waals surface area (Å²) in [4.78, 5) is 12.1. The van der Waals surface area contributed by atoms with Crippen molar-refractivity contribution in [2.45, 2.75) is 32.4 Å². The van der Waals surface area contributed by atoms with Gasteiger partial charge in [0.15, 0.2) is 0 Å². The molecule has 7 heteroatoms. The Kier molecular flexibility index (Phi) is 6.02. The van der Waals surface area contributed by atoms with Crippen LogP contribution in [0.3, 0.4) is 0 Å². The summed E-state index contributed by atoms with van der Waals surface area (Å²) in [7, 11) is 1.59. The van der Waals surface area contributed by atoms with Crippen molar-refractivity contribution in [3.8, 4) is 0 Å². The predicted molar refractivity (Wildman–Crippen MR) is 84.1 cm³/mol. The van der Waals surface area contributed by atoms with E-state index in [0.29, 0.717) is 24.8 Å². The summed E-state index contributed by atoms with van der Waals surface area (Å²) >= 11 is 6.17. The molecule has 0 amide bonds. The van der Waals surface area contributed by atoms with Crippen LogP contribution < -0.4 is 16.2 Å². The van der Waals surface area contributed by atoms with E-state index < -0.39 is 0 Å². The van der Waals surface area contributed by atoms with Gasteiger partial charge in [-0.2, -0.15) is 5.10 Å². The molecule has 0 bridgehead atoms. The maximum absolute atomic E-state index is 12.1. The maximum atomic E-state index is 12.1. The quantitative estimate of drug-likeness (QED) is 0.829. The van der Waals surface area contributed by atoms with E-state index in [1.807, 2.05) is 0 Å². The summed E-state index contributed by atoms with van der Waals surface area (Å²) in [5.74, 6) is 0.533. The van der Waals surface area contributed by atoms with Crippen molar-refractivity contribution in [2.24, 2.45) is 5.92 Å². The first-order valence-electron chi connectivity index (χ1n) is 7.35. The molecule has 2 unspecified atom stereocenters. The summed E-state index contributed by atoms with van der Waals surface area (Å²) in [6, 6.07) is 0.242. The SMILES string of the molecule is COCCn1ncc(NC(C)C2CCCNC2)c(Cl)c1=O. The van der Waals surface area contributed by atoms with Crippen molar-refractivity contribution in [3.05, 3.63) is 21.6 Å². The Morgan fingerprint density at radius 3 is 3.14 bits per heavy atom. The normalized spacial score (nSPS) is 20.2. The Bertz CT molecular complexity index is 514. The van der Waals surface area contributed by atoms with Gasteiger partial charge in [0, 0.05) is 13.2 Å². The standard InChI is InChI=1S/C14H23ClN4O2/c1-10(11-4-3-5-16-8-11)18-12-9-17-19(6-7-21-2)14(20)13(12)15/h9-11,16,18H,3-8H2,1-2H3. The summed E-state index contributed by atoms with van der Waals surface area (Å²) < 4.78 is 6.27. The van der Waals surface area contributed by atoms with Gasteiger partial charge in [-0.1, -0.05) is 11.6 Å². The minimum absolute atomic E-state index is 0.191. The highest BCUT2D eigenvalue weighted by atomic mass is 35.5. The first kappa shape index (κ1) is 16.3. The second-order valence-electron chi connectivity index (χ2n) is 5.43. The zero-order chi connectivity index (χ0) is 15.2. The van der Waals surface area contributed by atoms with Crippen molar-refractivity contribution in [1.29, 1.82) is 0 Å². The Morgan fingerprint density at radius 2 is 2.48 bits per heavy atom. The van der Waals surface area contributed by atoms with Gasteiger partial charge >= 0.3 is 0 Å². The molecule has 2 N–H and O–H groups in total. The summed E-state index contributed by atoms with van der Waals surface area (Å²) in [5, 5.41) is 11.0. The number of halogens is 1. The number of hydrogen-bond acceptors (Lipinski definition) is 5. The summed E-state index contributed by atoms with van der Waals surface area (Å²) in [6.45, 7) is 5.02. The molecule has 1 aliphatic heterocycles. The van der Waals surface area contributed by atoms with E-state index in [1.165, 1.54) is 17.5 Å². The lowest BCUT2D eigenvalue weighted by Gasteiger charge is -2.29. The number of ether oxygens (including phenoxy) is 1. The maximum Gasteiger partial charge on any atom is 0.287 e. The molecule has 6 nitrogen and oxygen atoms in total. The highest BCUT2D eigenvalue weighted by molar-refractivity contribution is 6.32. The fourth-order valence-corrected chi connectivity index (χ4v) is 2.77. The molecule has 0 spiro atoms. The highest BCUT2D eigenvalue weighted by Gasteiger charge is 2.21. The molecule has 21 heavy (non-hydrogen) atoms. The molecular formula is C14H23ClN4O2. The van der Waals surface area contributed by atoms with Gasteiger partial charge in [-0.25, -0.2) is 4.68 Å². The van der Waals surface area contributed by atoms with E-state index in [9.17, 15) is 4.79 Å². The van der Waals surface area contributed by atoms with Crippen LogP contribution in [0.5, 0.6) is 0 Å². The molecule has 1 aromatic rings. The van der Waals surface area contributed by atoms with E-state index in [-0.39, 0.29) is 16.6 Å². The largest absolute Gasteiger partial charge is 0.383 e. The Morgan fingerprint density at radius 1 is 1.67 bits per heavy atom. The van der Waals surface area contributed by atoms with Crippen LogP contribution in [-0.2, 0) is 11.3 Å². The molecule has 0 aliphatic carbocycles. The van der Waals surface area contributed by atoms with Gasteiger partial charge in [-0.15, -0.1) is 0 Å². The molecule has 2 heterocycles. The van der Waals surface area contributed by atoms with E-state index in [1.54, 1.807) is 13.3 Å². The second-order valence-corrected chi connectivity index (χ2v) is 5.81. The molecule has 1 fully saturated rings. The van der Waals surface area contributed by atoms with Crippen LogP contribution in [0.2, 0.25) is 5.02 Å². The third kappa shape index (κ3) is 4.18. The van der Waals surface area contributed by atoms with Crippen molar-refractivity contribution >= 4 is 17.3 Å². The van der Waals surface area contributed by atoms with E-state index >= 15 is 0 Å². The molecule has 118 valence electrons. The number of methoxy groups -OCH3 is 1. The number of hydrogen-bond donors (Lipinski definition) is 2. The number of rotatable bonds is 6. The molecule has 0 radical (unpaired) electrons. The Hall–Kier alpha value is -1.11. The fraction of sp³-hybridized carbons (Fsp3) is 0.714. The topological polar surface area (TPSA) is 68.2 Å². The van der Waals surface area contributed by atoms with Crippen LogP contribution in [0.4, 0.5) is 5.69 Å². The van der Waals surface area contributed by atoms with Gasteiger partial charge in [-0.3, -0.25) is 4.79 Å². The van der Waals surface area contributed by atoms with Crippen LogP contribution in [-0.4, -0.2) is 42.6 Å². The van der Waals surface area contributed by atoms with Crippen LogP contribution in [0, 0.1) is 5.92 Å². The van der Waals surface area contributed by atoms with E-state index in [0.717, 1.165) is 13.1 Å². The molecule has 0 aromatic carbocycles. The smallest absolute Gasteiger partial charge is 0.287 e. The Labute approximate surface area is 129 Å². The van der Waals surface area contributed by atoms with Crippen molar-refractivity contribution in [1.82, 2.24) is 15.1 Å². The number of nitrogens with zero attached hydrogens (tertiary/aromatic N) is 2. The molecule has 2 atom stereocenters. The third-order valence-corrected chi connectivity index (χ3v) is 4.28. The monoisotopic (exact) mass is 314 g/mol. The van der Waals surface area contributed by atoms with Gasteiger partial charge in [0.25, 0.3) is 5.56 Å².